The second kappa shape index (κ2) is 9.23. The quantitative estimate of drug-likeness (QED) is 0.625. The van der Waals surface area contributed by atoms with Crippen LogP contribution in [0.2, 0.25) is 5.02 Å². The first-order valence-corrected chi connectivity index (χ1v) is 10.3. The van der Waals surface area contributed by atoms with Crippen molar-refractivity contribution in [1.82, 2.24) is 30.0 Å². The van der Waals surface area contributed by atoms with Gasteiger partial charge in [-0.2, -0.15) is 9.36 Å². The zero-order valence-electron chi connectivity index (χ0n) is 16.4. The number of tetrazole rings is 1. The standard InChI is InChI=1S/C21H23ClN6O2/c22-18-11-5-4-10-17(18)19(26-12-6-7-13-26)14-23-20(29)15-27-21(30)28(25-24-27)16-8-2-1-3-9-16/h1-5,8-11,19H,6-7,12-15H2,(H,23,29). The van der Waals surface area contributed by atoms with Crippen LogP contribution in [-0.2, 0) is 11.3 Å². The molecule has 1 amide bonds. The van der Waals surface area contributed by atoms with Gasteiger partial charge in [0.15, 0.2) is 0 Å². The minimum absolute atomic E-state index is 0.0122. The van der Waals surface area contributed by atoms with Crippen LogP contribution in [0.5, 0.6) is 0 Å². The van der Waals surface area contributed by atoms with Crippen LogP contribution in [0.3, 0.4) is 0 Å². The van der Waals surface area contributed by atoms with Crippen LogP contribution in [0.15, 0.2) is 59.4 Å². The Morgan fingerprint density at radius 3 is 2.47 bits per heavy atom. The molecular weight excluding hydrogens is 404 g/mol. The Balaban J connectivity index is 1.44. The summed E-state index contributed by atoms with van der Waals surface area (Å²) < 4.78 is 2.23. The molecule has 0 radical (unpaired) electrons. The number of rotatable bonds is 7. The second-order valence-corrected chi connectivity index (χ2v) is 7.66. The van der Waals surface area contributed by atoms with Gasteiger partial charge in [0.2, 0.25) is 5.91 Å². The Morgan fingerprint density at radius 1 is 1.03 bits per heavy atom. The van der Waals surface area contributed by atoms with Crippen molar-refractivity contribution in [3.63, 3.8) is 0 Å². The van der Waals surface area contributed by atoms with E-state index in [9.17, 15) is 9.59 Å². The monoisotopic (exact) mass is 426 g/mol. The molecule has 0 aliphatic carbocycles. The fraction of sp³-hybridized carbons (Fsp3) is 0.333. The van der Waals surface area contributed by atoms with E-state index in [0.717, 1.165) is 36.2 Å². The lowest BCUT2D eigenvalue weighted by atomic mass is 10.1. The van der Waals surface area contributed by atoms with Gasteiger partial charge >= 0.3 is 5.69 Å². The highest BCUT2D eigenvalue weighted by Crippen LogP contribution is 2.29. The number of nitrogens with zero attached hydrogens (tertiary/aromatic N) is 5. The largest absolute Gasteiger partial charge is 0.368 e. The van der Waals surface area contributed by atoms with E-state index in [1.807, 2.05) is 30.3 Å². The van der Waals surface area contributed by atoms with E-state index >= 15 is 0 Å². The van der Waals surface area contributed by atoms with E-state index < -0.39 is 5.69 Å². The highest BCUT2D eigenvalue weighted by molar-refractivity contribution is 6.31. The van der Waals surface area contributed by atoms with Crippen LogP contribution in [0.25, 0.3) is 5.69 Å². The summed E-state index contributed by atoms with van der Waals surface area (Å²) in [4.78, 5) is 27.4. The van der Waals surface area contributed by atoms with E-state index in [2.05, 4.69) is 20.6 Å². The Hall–Kier alpha value is -2.97. The molecule has 1 aliphatic heterocycles. The third-order valence-corrected chi connectivity index (χ3v) is 5.62. The Bertz CT molecular complexity index is 1060. The molecule has 3 aromatic rings. The Kier molecular flexibility index (Phi) is 6.25. The van der Waals surface area contributed by atoms with E-state index in [4.69, 9.17) is 11.6 Å². The van der Waals surface area contributed by atoms with Crippen LogP contribution in [-0.4, -0.2) is 50.2 Å². The molecule has 156 valence electrons. The van der Waals surface area contributed by atoms with Crippen molar-refractivity contribution in [2.45, 2.75) is 25.4 Å². The van der Waals surface area contributed by atoms with Crippen LogP contribution >= 0.6 is 11.6 Å². The summed E-state index contributed by atoms with van der Waals surface area (Å²) in [6.07, 6.45) is 2.26. The van der Waals surface area contributed by atoms with Crippen molar-refractivity contribution in [2.24, 2.45) is 0 Å². The summed E-state index contributed by atoms with van der Waals surface area (Å²) in [5, 5.41) is 11.3. The van der Waals surface area contributed by atoms with Crippen LogP contribution in [0, 0.1) is 0 Å². The average molecular weight is 427 g/mol. The normalized spacial score (nSPS) is 15.2. The topological polar surface area (TPSA) is 85.0 Å². The molecule has 9 heteroatoms. The number of amides is 1. The molecule has 1 N–H and O–H groups in total. The number of carbonyl (C=O) groups excluding carboxylic acids is 1. The number of carbonyl (C=O) groups is 1. The maximum Gasteiger partial charge on any atom is 0.368 e. The molecule has 1 fully saturated rings. The zero-order valence-corrected chi connectivity index (χ0v) is 17.2. The first-order valence-electron chi connectivity index (χ1n) is 9.97. The third-order valence-electron chi connectivity index (χ3n) is 5.27. The van der Waals surface area contributed by atoms with Crippen molar-refractivity contribution in [2.75, 3.05) is 19.6 Å². The van der Waals surface area contributed by atoms with Crippen molar-refractivity contribution in [3.8, 4) is 5.69 Å². The van der Waals surface area contributed by atoms with E-state index in [0.29, 0.717) is 17.3 Å². The highest BCUT2D eigenvalue weighted by atomic mass is 35.5. The Morgan fingerprint density at radius 2 is 1.73 bits per heavy atom. The van der Waals surface area contributed by atoms with Crippen LogP contribution in [0.1, 0.15) is 24.4 Å². The number of aromatic nitrogens is 4. The molecule has 30 heavy (non-hydrogen) atoms. The van der Waals surface area contributed by atoms with E-state index in [1.165, 1.54) is 4.68 Å². The second-order valence-electron chi connectivity index (χ2n) is 7.25. The summed E-state index contributed by atoms with van der Waals surface area (Å²) in [6, 6.07) is 16.7. The minimum atomic E-state index is -0.460. The smallest absolute Gasteiger partial charge is 0.353 e. The van der Waals surface area contributed by atoms with Gasteiger partial charge in [0, 0.05) is 11.6 Å². The fourth-order valence-electron chi connectivity index (χ4n) is 3.74. The van der Waals surface area contributed by atoms with Crippen molar-refractivity contribution >= 4 is 17.5 Å². The number of para-hydroxylation sites is 1. The molecule has 0 saturated carbocycles. The zero-order chi connectivity index (χ0) is 20.9. The minimum Gasteiger partial charge on any atom is -0.353 e. The summed E-state index contributed by atoms with van der Waals surface area (Å²) in [5.74, 6) is -0.298. The highest BCUT2D eigenvalue weighted by Gasteiger charge is 2.25. The summed E-state index contributed by atoms with van der Waals surface area (Å²) >= 11 is 6.42. The number of halogens is 1. The lowest BCUT2D eigenvalue weighted by Gasteiger charge is -2.28. The molecule has 0 spiro atoms. The van der Waals surface area contributed by atoms with Gasteiger partial charge in [-0.05, 0) is 60.1 Å². The summed E-state index contributed by atoms with van der Waals surface area (Å²) in [7, 11) is 0. The van der Waals surface area contributed by atoms with Gasteiger partial charge in [0.05, 0.1) is 11.7 Å². The number of hydrogen-bond acceptors (Lipinski definition) is 5. The number of hydrogen-bond donors (Lipinski definition) is 1. The van der Waals surface area contributed by atoms with Crippen LogP contribution in [0.4, 0.5) is 0 Å². The molecule has 2 heterocycles. The maximum absolute atomic E-state index is 12.5. The molecule has 1 aliphatic rings. The Labute approximate surface area is 179 Å². The SMILES string of the molecule is O=C(Cn1nnn(-c2ccccc2)c1=O)NCC(c1ccccc1Cl)N1CCCC1. The first kappa shape index (κ1) is 20.3. The van der Waals surface area contributed by atoms with Gasteiger partial charge in [0.1, 0.15) is 6.54 Å². The van der Waals surface area contributed by atoms with Crippen LogP contribution < -0.4 is 11.0 Å². The summed E-state index contributed by atoms with van der Waals surface area (Å²) in [5.41, 5.74) is 1.13. The molecule has 1 aromatic heterocycles. The van der Waals surface area contributed by atoms with Crippen molar-refractivity contribution in [1.29, 1.82) is 0 Å². The molecule has 1 atom stereocenters. The van der Waals surface area contributed by atoms with Gasteiger partial charge < -0.3 is 5.32 Å². The molecule has 1 unspecified atom stereocenters. The fourth-order valence-corrected chi connectivity index (χ4v) is 4.00. The summed E-state index contributed by atoms with van der Waals surface area (Å²) in [6.45, 7) is 2.15. The number of benzene rings is 2. The van der Waals surface area contributed by atoms with Gasteiger partial charge in [-0.3, -0.25) is 9.69 Å². The van der Waals surface area contributed by atoms with E-state index in [1.54, 1.807) is 24.3 Å². The lowest BCUT2D eigenvalue weighted by molar-refractivity contribution is -0.122. The van der Waals surface area contributed by atoms with Gasteiger partial charge in [-0.25, -0.2) is 4.79 Å². The molecule has 2 aromatic carbocycles. The third kappa shape index (κ3) is 4.44. The number of nitrogens with one attached hydrogen (secondary N) is 1. The molecular formula is C21H23ClN6O2. The van der Waals surface area contributed by atoms with E-state index in [-0.39, 0.29) is 18.5 Å². The van der Waals surface area contributed by atoms with Crippen molar-refractivity contribution in [3.05, 3.63) is 75.7 Å². The average Bonchev–Trinajstić information content (AvgIpc) is 3.41. The first-order chi connectivity index (χ1) is 14.6. The van der Waals surface area contributed by atoms with Gasteiger partial charge in [-0.15, -0.1) is 0 Å². The molecule has 4 rings (SSSR count). The van der Waals surface area contributed by atoms with Gasteiger partial charge in [0.25, 0.3) is 0 Å². The van der Waals surface area contributed by atoms with Crippen molar-refractivity contribution < 1.29 is 4.79 Å². The molecule has 1 saturated heterocycles. The molecule has 8 nitrogen and oxygen atoms in total. The predicted octanol–water partition coefficient (Wildman–Crippen LogP) is 2.04. The maximum atomic E-state index is 12.5. The molecule has 0 bridgehead atoms. The predicted molar refractivity (Wildman–Crippen MR) is 114 cm³/mol. The van der Waals surface area contributed by atoms with Gasteiger partial charge in [-0.1, -0.05) is 48.0 Å². The number of likely N-dealkylation sites (tertiary alicyclic amines) is 1. The lowest BCUT2D eigenvalue weighted by Crippen LogP contribution is -2.39.